The first-order valence-electron chi connectivity index (χ1n) is 6.47. The van der Waals surface area contributed by atoms with E-state index in [2.05, 4.69) is 10.3 Å². The predicted octanol–water partition coefficient (Wildman–Crippen LogP) is 3.77. The van der Waals surface area contributed by atoms with Gasteiger partial charge in [-0.1, -0.05) is 35.6 Å². The molecule has 1 amide bonds. The van der Waals surface area contributed by atoms with E-state index in [4.69, 9.17) is 0 Å². The third-order valence-corrected chi connectivity index (χ3v) is 4.12. The minimum absolute atomic E-state index is 0.0171. The number of aromatic nitrogens is 1. The molecular weight excluding hydrogens is 302 g/mol. The topological polar surface area (TPSA) is 85.1 Å². The van der Waals surface area contributed by atoms with E-state index in [1.807, 2.05) is 25.1 Å². The first-order chi connectivity index (χ1) is 10.6. The van der Waals surface area contributed by atoms with Gasteiger partial charge in [0, 0.05) is 6.07 Å². The molecule has 6 nitrogen and oxygen atoms in total. The molecule has 0 radical (unpaired) electrons. The summed E-state index contributed by atoms with van der Waals surface area (Å²) in [5.41, 5.74) is 1.63. The van der Waals surface area contributed by atoms with E-state index in [9.17, 15) is 14.9 Å². The Kier molecular flexibility index (Phi) is 3.56. The Hall–Kier alpha value is -2.80. The van der Waals surface area contributed by atoms with Crippen LogP contribution in [0.1, 0.15) is 15.9 Å². The van der Waals surface area contributed by atoms with Crippen LogP contribution in [0.15, 0.2) is 42.5 Å². The number of hydrogen-bond donors (Lipinski definition) is 1. The highest BCUT2D eigenvalue weighted by molar-refractivity contribution is 7.22. The SMILES string of the molecule is Cc1cccc2sc(NC(=O)c3ccccc3[N+](=O)[O-])nc12. The lowest BCUT2D eigenvalue weighted by Crippen LogP contribution is -2.13. The van der Waals surface area contributed by atoms with Gasteiger partial charge in [0.2, 0.25) is 0 Å². The number of benzene rings is 2. The number of thiazole rings is 1. The molecule has 0 aliphatic carbocycles. The Morgan fingerprint density at radius 3 is 2.73 bits per heavy atom. The number of nitrogens with one attached hydrogen (secondary N) is 1. The first-order valence-corrected chi connectivity index (χ1v) is 7.29. The molecule has 3 rings (SSSR count). The van der Waals surface area contributed by atoms with Crippen molar-refractivity contribution in [3.8, 4) is 0 Å². The van der Waals surface area contributed by atoms with Crippen LogP contribution in [0.5, 0.6) is 0 Å². The van der Waals surface area contributed by atoms with Crippen LogP contribution < -0.4 is 5.32 Å². The van der Waals surface area contributed by atoms with Gasteiger partial charge < -0.3 is 0 Å². The molecule has 1 aromatic heterocycles. The molecule has 0 atom stereocenters. The first kappa shape index (κ1) is 14.2. The number of fused-ring (bicyclic) bond motifs is 1. The molecule has 1 N–H and O–H groups in total. The van der Waals surface area contributed by atoms with Crippen LogP contribution >= 0.6 is 11.3 Å². The molecule has 1 heterocycles. The monoisotopic (exact) mass is 313 g/mol. The molecule has 22 heavy (non-hydrogen) atoms. The molecule has 110 valence electrons. The zero-order valence-corrected chi connectivity index (χ0v) is 12.4. The average molecular weight is 313 g/mol. The van der Waals surface area contributed by atoms with Crippen molar-refractivity contribution in [2.45, 2.75) is 6.92 Å². The van der Waals surface area contributed by atoms with E-state index in [0.717, 1.165) is 15.8 Å². The normalized spacial score (nSPS) is 10.6. The van der Waals surface area contributed by atoms with Gasteiger partial charge in [-0.3, -0.25) is 20.2 Å². The van der Waals surface area contributed by atoms with Gasteiger partial charge in [0.25, 0.3) is 11.6 Å². The van der Waals surface area contributed by atoms with Gasteiger partial charge in [0.15, 0.2) is 5.13 Å². The minimum Gasteiger partial charge on any atom is -0.298 e. The van der Waals surface area contributed by atoms with E-state index in [-0.39, 0.29) is 11.3 Å². The summed E-state index contributed by atoms with van der Waals surface area (Å²) in [7, 11) is 0. The summed E-state index contributed by atoms with van der Waals surface area (Å²) in [6, 6.07) is 11.6. The van der Waals surface area contributed by atoms with Crippen molar-refractivity contribution in [2.24, 2.45) is 0 Å². The number of aryl methyl sites for hydroxylation is 1. The van der Waals surface area contributed by atoms with E-state index in [1.165, 1.54) is 29.5 Å². The van der Waals surface area contributed by atoms with Crippen molar-refractivity contribution in [1.82, 2.24) is 4.98 Å². The van der Waals surface area contributed by atoms with Gasteiger partial charge in [-0.2, -0.15) is 0 Å². The van der Waals surface area contributed by atoms with Crippen molar-refractivity contribution in [3.63, 3.8) is 0 Å². The summed E-state index contributed by atoms with van der Waals surface area (Å²) in [5.74, 6) is -0.538. The second kappa shape index (κ2) is 5.53. The molecular formula is C15H11N3O3S. The summed E-state index contributed by atoms with van der Waals surface area (Å²) in [6.07, 6.45) is 0. The lowest BCUT2D eigenvalue weighted by molar-refractivity contribution is -0.385. The van der Waals surface area contributed by atoms with Crippen molar-refractivity contribution in [2.75, 3.05) is 5.32 Å². The van der Waals surface area contributed by atoms with Crippen molar-refractivity contribution >= 4 is 38.3 Å². The Morgan fingerprint density at radius 2 is 2.00 bits per heavy atom. The number of carbonyl (C=O) groups is 1. The molecule has 2 aromatic carbocycles. The number of amides is 1. The van der Waals surface area contributed by atoms with Crippen LogP contribution in [0.25, 0.3) is 10.2 Å². The number of nitro groups is 1. The van der Waals surface area contributed by atoms with Crippen molar-refractivity contribution in [3.05, 3.63) is 63.7 Å². The van der Waals surface area contributed by atoms with Crippen LogP contribution in [0.2, 0.25) is 0 Å². The third kappa shape index (κ3) is 2.53. The largest absolute Gasteiger partial charge is 0.298 e. The molecule has 0 saturated carbocycles. The Bertz CT molecular complexity index is 889. The maximum atomic E-state index is 12.3. The number of rotatable bonds is 3. The zero-order chi connectivity index (χ0) is 15.7. The molecule has 7 heteroatoms. The Labute approximate surface area is 129 Å². The molecule has 0 spiro atoms. The molecule has 0 fully saturated rings. The summed E-state index contributed by atoms with van der Waals surface area (Å²) in [5, 5.41) is 14.0. The van der Waals surface area contributed by atoms with Gasteiger partial charge in [-0.05, 0) is 24.6 Å². The van der Waals surface area contributed by atoms with Gasteiger partial charge in [0.05, 0.1) is 15.1 Å². The van der Waals surface area contributed by atoms with Crippen molar-refractivity contribution < 1.29 is 9.72 Å². The standard InChI is InChI=1S/C15H11N3O3S/c1-9-5-4-8-12-13(9)16-15(22-12)17-14(19)10-6-2-3-7-11(10)18(20)21/h2-8H,1H3,(H,16,17,19). The molecule has 0 saturated heterocycles. The van der Waals surface area contributed by atoms with Gasteiger partial charge >= 0.3 is 0 Å². The minimum atomic E-state index is -0.572. The maximum Gasteiger partial charge on any atom is 0.282 e. The lowest BCUT2D eigenvalue weighted by atomic mass is 10.1. The maximum absolute atomic E-state index is 12.3. The third-order valence-electron chi connectivity index (χ3n) is 3.19. The van der Waals surface area contributed by atoms with E-state index >= 15 is 0 Å². The van der Waals surface area contributed by atoms with Crippen LogP contribution in [-0.4, -0.2) is 15.8 Å². The average Bonchev–Trinajstić information content (AvgIpc) is 2.91. The highest BCUT2D eigenvalue weighted by Gasteiger charge is 2.20. The highest BCUT2D eigenvalue weighted by atomic mass is 32.1. The Morgan fingerprint density at radius 1 is 1.23 bits per heavy atom. The van der Waals surface area contributed by atoms with Crippen LogP contribution in [0.3, 0.4) is 0 Å². The van der Waals surface area contributed by atoms with Gasteiger partial charge in [-0.25, -0.2) is 4.98 Å². The van der Waals surface area contributed by atoms with Crippen LogP contribution in [-0.2, 0) is 0 Å². The number of nitro benzene ring substituents is 1. The highest BCUT2D eigenvalue weighted by Crippen LogP contribution is 2.28. The van der Waals surface area contributed by atoms with E-state index in [0.29, 0.717) is 5.13 Å². The molecule has 0 aliphatic rings. The number of hydrogen-bond acceptors (Lipinski definition) is 5. The molecule has 3 aromatic rings. The summed E-state index contributed by atoms with van der Waals surface area (Å²) in [4.78, 5) is 27.0. The fraction of sp³-hybridized carbons (Fsp3) is 0.0667. The van der Waals surface area contributed by atoms with Gasteiger partial charge in [-0.15, -0.1) is 0 Å². The number of anilines is 1. The van der Waals surface area contributed by atoms with Gasteiger partial charge in [0.1, 0.15) is 5.56 Å². The summed E-state index contributed by atoms with van der Waals surface area (Å²) >= 11 is 1.34. The van der Waals surface area contributed by atoms with Crippen molar-refractivity contribution in [1.29, 1.82) is 0 Å². The van der Waals surface area contributed by atoms with E-state index in [1.54, 1.807) is 6.07 Å². The fourth-order valence-corrected chi connectivity index (χ4v) is 3.07. The molecule has 0 aliphatic heterocycles. The zero-order valence-electron chi connectivity index (χ0n) is 11.6. The van der Waals surface area contributed by atoms with Crippen LogP contribution in [0.4, 0.5) is 10.8 Å². The number of nitrogens with zero attached hydrogens (tertiary/aromatic N) is 2. The number of carbonyl (C=O) groups excluding carboxylic acids is 1. The summed E-state index contributed by atoms with van der Waals surface area (Å²) < 4.78 is 0.956. The number of para-hydroxylation sites is 2. The quantitative estimate of drug-likeness (QED) is 0.589. The fourth-order valence-electron chi connectivity index (χ4n) is 2.13. The second-order valence-electron chi connectivity index (χ2n) is 4.67. The summed E-state index contributed by atoms with van der Waals surface area (Å²) in [6.45, 7) is 1.94. The van der Waals surface area contributed by atoms with Crippen LogP contribution in [0, 0.1) is 17.0 Å². The molecule has 0 bridgehead atoms. The Balaban J connectivity index is 1.93. The molecule has 0 unspecified atom stereocenters. The lowest BCUT2D eigenvalue weighted by Gasteiger charge is -2.02. The predicted molar refractivity (Wildman–Crippen MR) is 85.4 cm³/mol. The smallest absolute Gasteiger partial charge is 0.282 e. The second-order valence-corrected chi connectivity index (χ2v) is 5.70. The van der Waals surface area contributed by atoms with E-state index < -0.39 is 10.8 Å².